The summed E-state index contributed by atoms with van der Waals surface area (Å²) in [7, 11) is 0. The molecule has 4 heteroatoms. The second-order valence-electron chi connectivity index (χ2n) is 3.35. The second kappa shape index (κ2) is 4.04. The van der Waals surface area contributed by atoms with Gasteiger partial charge in [-0.1, -0.05) is 0 Å². The van der Waals surface area contributed by atoms with Crippen LogP contribution in [0.15, 0.2) is 35.0 Å². The molecule has 0 aliphatic carbocycles. The van der Waals surface area contributed by atoms with Gasteiger partial charge in [-0.25, -0.2) is 0 Å². The van der Waals surface area contributed by atoms with E-state index in [4.69, 9.17) is 21.8 Å². The van der Waals surface area contributed by atoms with Crippen molar-refractivity contribution < 1.29 is 4.42 Å². The number of nitrogens with two attached hydrogens (primary N) is 1. The van der Waals surface area contributed by atoms with Gasteiger partial charge >= 0.3 is 0 Å². The summed E-state index contributed by atoms with van der Waals surface area (Å²) >= 11 is 5.69. The standard InChI is InChI=1S/C11H11ClN2O/c1-7-4-5-14-6-8(7)11(13)9-2-3-10(12)15-9/h2-6,11H,13H2,1H3. The van der Waals surface area contributed by atoms with E-state index in [-0.39, 0.29) is 6.04 Å². The molecule has 0 amide bonds. The van der Waals surface area contributed by atoms with Crippen LogP contribution in [0.4, 0.5) is 0 Å². The van der Waals surface area contributed by atoms with E-state index in [0.29, 0.717) is 11.0 Å². The summed E-state index contributed by atoms with van der Waals surface area (Å²) in [5.74, 6) is 0.649. The van der Waals surface area contributed by atoms with Crippen LogP contribution in [0.1, 0.15) is 22.9 Å². The average Bonchev–Trinajstić information content (AvgIpc) is 2.65. The Hall–Kier alpha value is -1.32. The summed E-state index contributed by atoms with van der Waals surface area (Å²) in [5, 5.41) is 0.349. The Morgan fingerprint density at radius 3 is 2.80 bits per heavy atom. The van der Waals surface area contributed by atoms with E-state index in [1.54, 1.807) is 24.5 Å². The zero-order chi connectivity index (χ0) is 10.8. The highest BCUT2D eigenvalue weighted by Gasteiger charge is 2.14. The van der Waals surface area contributed by atoms with Gasteiger partial charge in [0.2, 0.25) is 0 Å². The lowest BCUT2D eigenvalue weighted by Crippen LogP contribution is -2.12. The lowest BCUT2D eigenvalue weighted by molar-refractivity contribution is 0.490. The van der Waals surface area contributed by atoms with E-state index in [0.717, 1.165) is 11.1 Å². The van der Waals surface area contributed by atoms with E-state index < -0.39 is 0 Å². The van der Waals surface area contributed by atoms with Crippen LogP contribution in [0, 0.1) is 6.92 Å². The number of hydrogen-bond acceptors (Lipinski definition) is 3. The van der Waals surface area contributed by atoms with E-state index in [1.807, 2.05) is 13.0 Å². The molecule has 15 heavy (non-hydrogen) atoms. The smallest absolute Gasteiger partial charge is 0.193 e. The highest BCUT2D eigenvalue weighted by Crippen LogP contribution is 2.25. The maximum Gasteiger partial charge on any atom is 0.193 e. The van der Waals surface area contributed by atoms with Crippen LogP contribution in [-0.2, 0) is 0 Å². The summed E-state index contributed by atoms with van der Waals surface area (Å²) < 4.78 is 5.27. The van der Waals surface area contributed by atoms with Crippen molar-refractivity contribution in [3.8, 4) is 0 Å². The van der Waals surface area contributed by atoms with Crippen LogP contribution >= 0.6 is 11.6 Å². The van der Waals surface area contributed by atoms with E-state index >= 15 is 0 Å². The predicted octanol–water partition coefficient (Wildman–Crippen LogP) is 2.68. The Balaban J connectivity index is 2.36. The molecule has 0 aliphatic heterocycles. The molecular weight excluding hydrogens is 212 g/mol. The van der Waals surface area contributed by atoms with Crippen LogP contribution in [0.5, 0.6) is 0 Å². The molecule has 2 heterocycles. The van der Waals surface area contributed by atoms with E-state index in [2.05, 4.69) is 4.98 Å². The predicted molar refractivity (Wildman–Crippen MR) is 58.7 cm³/mol. The van der Waals surface area contributed by atoms with Crippen molar-refractivity contribution in [2.24, 2.45) is 5.73 Å². The molecule has 2 N–H and O–H groups in total. The Morgan fingerprint density at radius 1 is 1.40 bits per heavy atom. The third-order valence-electron chi connectivity index (χ3n) is 2.32. The lowest BCUT2D eigenvalue weighted by atomic mass is 10.0. The first-order valence-electron chi connectivity index (χ1n) is 4.60. The number of furan rings is 1. The monoisotopic (exact) mass is 222 g/mol. The van der Waals surface area contributed by atoms with Gasteiger partial charge in [-0.2, -0.15) is 0 Å². The summed E-state index contributed by atoms with van der Waals surface area (Å²) in [4.78, 5) is 4.04. The van der Waals surface area contributed by atoms with E-state index in [1.165, 1.54) is 0 Å². The topological polar surface area (TPSA) is 52.0 Å². The fourth-order valence-electron chi connectivity index (χ4n) is 1.45. The number of aryl methyl sites for hydroxylation is 1. The molecule has 0 aliphatic rings. The minimum absolute atomic E-state index is 0.314. The largest absolute Gasteiger partial charge is 0.448 e. The van der Waals surface area contributed by atoms with Crippen molar-refractivity contribution in [1.29, 1.82) is 0 Å². The first-order chi connectivity index (χ1) is 7.18. The second-order valence-corrected chi connectivity index (χ2v) is 3.72. The Kier molecular flexibility index (Phi) is 2.75. The van der Waals surface area contributed by atoms with Gasteiger partial charge in [-0.15, -0.1) is 0 Å². The maximum atomic E-state index is 6.04. The highest BCUT2D eigenvalue weighted by molar-refractivity contribution is 6.28. The quantitative estimate of drug-likeness (QED) is 0.850. The zero-order valence-electron chi connectivity index (χ0n) is 8.27. The first kappa shape index (κ1) is 10.2. The van der Waals surface area contributed by atoms with Crippen LogP contribution in [0.3, 0.4) is 0 Å². The first-order valence-corrected chi connectivity index (χ1v) is 4.97. The Bertz CT molecular complexity index is 467. The fraction of sp³-hybridized carbons (Fsp3) is 0.182. The van der Waals surface area contributed by atoms with Crippen molar-refractivity contribution in [2.45, 2.75) is 13.0 Å². The number of pyridine rings is 1. The number of rotatable bonds is 2. The summed E-state index contributed by atoms with van der Waals surface area (Å²) in [6.45, 7) is 1.99. The van der Waals surface area contributed by atoms with Crippen molar-refractivity contribution in [3.63, 3.8) is 0 Å². The van der Waals surface area contributed by atoms with Crippen LogP contribution in [0.2, 0.25) is 5.22 Å². The molecule has 78 valence electrons. The van der Waals surface area contributed by atoms with Crippen molar-refractivity contribution >= 4 is 11.6 Å². The minimum atomic E-state index is -0.314. The molecule has 1 atom stereocenters. The molecule has 0 spiro atoms. The van der Waals surface area contributed by atoms with Crippen LogP contribution < -0.4 is 5.73 Å². The normalized spacial score (nSPS) is 12.7. The van der Waals surface area contributed by atoms with Gasteiger partial charge in [0.25, 0.3) is 0 Å². The molecule has 3 nitrogen and oxygen atoms in total. The molecule has 0 saturated carbocycles. The Labute approximate surface area is 92.9 Å². The number of halogens is 1. The van der Waals surface area contributed by atoms with Crippen molar-refractivity contribution in [2.75, 3.05) is 0 Å². The molecule has 2 aromatic heterocycles. The van der Waals surface area contributed by atoms with Crippen LogP contribution in [0.25, 0.3) is 0 Å². The summed E-state index contributed by atoms with van der Waals surface area (Å²) in [6, 6.07) is 5.06. The van der Waals surface area contributed by atoms with Gasteiger partial charge < -0.3 is 10.2 Å². The van der Waals surface area contributed by atoms with E-state index in [9.17, 15) is 0 Å². The molecule has 0 saturated heterocycles. The molecule has 1 unspecified atom stereocenters. The average molecular weight is 223 g/mol. The molecular formula is C11H11ClN2O. The van der Waals surface area contributed by atoms with Gasteiger partial charge in [0, 0.05) is 12.4 Å². The maximum absolute atomic E-state index is 6.04. The highest BCUT2D eigenvalue weighted by atomic mass is 35.5. The summed E-state index contributed by atoms with van der Waals surface area (Å²) in [6.07, 6.45) is 3.48. The lowest BCUT2D eigenvalue weighted by Gasteiger charge is -2.10. The van der Waals surface area contributed by atoms with Crippen molar-refractivity contribution in [3.05, 3.63) is 52.7 Å². The number of aromatic nitrogens is 1. The summed E-state index contributed by atoms with van der Waals surface area (Å²) in [5.41, 5.74) is 8.07. The minimum Gasteiger partial charge on any atom is -0.448 e. The fourth-order valence-corrected chi connectivity index (χ4v) is 1.60. The van der Waals surface area contributed by atoms with Gasteiger partial charge in [0.05, 0.1) is 6.04 Å². The van der Waals surface area contributed by atoms with Gasteiger partial charge in [-0.3, -0.25) is 4.98 Å². The number of hydrogen-bond donors (Lipinski definition) is 1. The molecule has 0 radical (unpaired) electrons. The zero-order valence-corrected chi connectivity index (χ0v) is 9.03. The molecule has 0 fully saturated rings. The van der Waals surface area contributed by atoms with Gasteiger partial charge in [0.1, 0.15) is 5.76 Å². The Morgan fingerprint density at radius 2 is 2.20 bits per heavy atom. The van der Waals surface area contributed by atoms with Gasteiger partial charge in [0.15, 0.2) is 5.22 Å². The molecule has 2 aromatic rings. The third kappa shape index (κ3) is 2.03. The SMILES string of the molecule is Cc1ccncc1C(N)c1ccc(Cl)o1. The number of nitrogens with zero attached hydrogens (tertiary/aromatic N) is 1. The molecule has 2 rings (SSSR count). The van der Waals surface area contributed by atoms with Crippen LogP contribution in [-0.4, -0.2) is 4.98 Å². The molecule has 0 bridgehead atoms. The van der Waals surface area contributed by atoms with Gasteiger partial charge in [-0.05, 0) is 47.9 Å². The third-order valence-corrected chi connectivity index (χ3v) is 2.52. The van der Waals surface area contributed by atoms with Crippen molar-refractivity contribution in [1.82, 2.24) is 4.98 Å². The molecule has 0 aromatic carbocycles.